The second kappa shape index (κ2) is 6.54. The first-order valence-electron chi connectivity index (χ1n) is 8.14. The number of carbonyl (C=O) groups excluding carboxylic acids is 1. The summed E-state index contributed by atoms with van der Waals surface area (Å²) in [5.74, 6) is 0.690. The lowest BCUT2D eigenvalue weighted by atomic mass is 9.97. The molecule has 1 aliphatic rings. The Morgan fingerprint density at radius 1 is 1.35 bits per heavy atom. The van der Waals surface area contributed by atoms with Crippen LogP contribution in [-0.4, -0.2) is 54.0 Å². The van der Waals surface area contributed by atoms with Crippen LogP contribution in [0.15, 0.2) is 24.3 Å². The number of nitrogens with zero attached hydrogens (tertiary/aromatic N) is 3. The highest BCUT2D eigenvalue weighted by Crippen LogP contribution is 2.25. The Morgan fingerprint density at radius 2 is 2.13 bits per heavy atom. The van der Waals surface area contributed by atoms with Gasteiger partial charge in [0.15, 0.2) is 0 Å². The Kier molecular flexibility index (Phi) is 4.64. The minimum absolute atomic E-state index is 0.128. The largest absolute Gasteiger partial charge is 0.340 e. The maximum atomic E-state index is 13.0. The van der Waals surface area contributed by atoms with Crippen molar-refractivity contribution in [3.8, 4) is 0 Å². The van der Waals surface area contributed by atoms with Gasteiger partial charge in [-0.2, -0.15) is 0 Å². The van der Waals surface area contributed by atoms with E-state index in [1.165, 1.54) is 6.42 Å². The topological polar surface area (TPSA) is 28.5 Å². The number of hydrogen-bond donors (Lipinski definition) is 0. The van der Waals surface area contributed by atoms with Crippen molar-refractivity contribution in [2.24, 2.45) is 13.0 Å². The molecule has 1 fully saturated rings. The molecule has 4 nitrogen and oxygen atoms in total. The molecule has 23 heavy (non-hydrogen) atoms. The highest BCUT2D eigenvalue weighted by Gasteiger charge is 2.26. The molecule has 1 saturated heterocycles. The van der Waals surface area contributed by atoms with Crippen molar-refractivity contribution in [1.29, 1.82) is 0 Å². The molecule has 2 heterocycles. The predicted octanol–water partition coefficient (Wildman–Crippen LogP) is 3.25. The molecule has 2 aromatic rings. The molecule has 3 rings (SSSR count). The van der Waals surface area contributed by atoms with Crippen molar-refractivity contribution in [2.45, 2.75) is 12.8 Å². The average Bonchev–Trinajstić information content (AvgIpc) is 2.82. The van der Waals surface area contributed by atoms with Crippen LogP contribution in [0.1, 0.15) is 23.3 Å². The molecular formula is C18H24ClN3O. The van der Waals surface area contributed by atoms with Crippen LogP contribution in [0, 0.1) is 5.92 Å². The van der Waals surface area contributed by atoms with E-state index in [4.69, 9.17) is 11.6 Å². The predicted molar refractivity (Wildman–Crippen MR) is 95.1 cm³/mol. The van der Waals surface area contributed by atoms with Crippen LogP contribution in [0.3, 0.4) is 0 Å². The third kappa shape index (κ3) is 3.38. The van der Waals surface area contributed by atoms with E-state index in [0.717, 1.165) is 42.7 Å². The number of likely N-dealkylation sites (tertiary alicyclic amines) is 1. The molecule has 1 amide bonds. The van der Waals surface area contributed by atoms with Crippen molar-refractivity contribution in [1.82, 2.24) is 14.4 Å². The Labute approximate surface area is 142 Å². The molecule has 0 N–H and O–H groups in total. The van der Waals surface area contributed by atoms with Crippen LogP contribution in [-0.2, 0) is 7.05 Å². The van der Waals surface area contributed by atoms with Gasteiger partial charge in [0, 0.05) is 42.6 Å². The van der Waals surface area contributed by atoms with E-state index < -0.39 is 0 Å². The van der Waals surface area contributed by atoms with E-state index in [-0.39, 0.29) is 5.91 Å². The van der Waals surface area contributed by atoms with E-state index in [1.807, 2.05) is 40.8 Å². The average molecular weight is 334 g/mol. The maximum absolute atomic E-state index is 13.0. The minimum atomic E-state index is 0.128. The molecule has 0 aliphatic carbocycles. The van der Waals surface area contributed by atoms with Crippen LogP contribution >= 0.6 is 11.6 Å². The van der Waals surface area contributed by atoms with Crippen LogP contribution in [0.5, 0.6) is 0 Å². The fourth-order valence-electron chi connectivity index (χ4n) is 3.60. The van der Waals surface area contributed by atoms with Gasteiger partial charge in [-0.3, -0.25) is 4.79 Å². The summed E-state index contributed by atoms with van der Waals surface area (Å²) in [5.41, 5.74) is 1.78. The number of hydrogen-bond acceptors (Lipinski definition) is 2. The zero-order chi connectivity index (χ0) is 16.6. The smallest absolute Gasteiger partial charge is 0.270 e. The van der Waals surface area contributed by atoms with Gasteiger partial charge in [-0.05, 0) is 57.1 Å². The van der Waals surface area contributed by atoms with E-state index in [0.29, 0.717) is 10.9 Å². The quantitative estimate of drug-likeness (QED) is 0.862. The molecule has 0 saturated carbocycles. The molecule has 0 bridgehead atoms. The molecule has 124 valence electrons. The number of rotatable bonds is 3. The first-order chi connectivity index (χ1) is 11.0. The molecular weight excluding hydrogens is 310 g/mol. The Bertz CT molecular complexity index is 722. The number of aromatic nitrogens is 1. The normalized spacial score (nSPS) is 18.8. The number of fused-ring (bicyclic) bond motifs is 1. The lowest BCUT2D eigenvalue weighted by Crippen LogP contribution is -2.43. The van der Waals surface area contributed by atoms with Gasteiger partial charge in [-0.25, -0.2) is 0 Å². The number of amides is 1. The van der Waals surface area contributed by atoms with E-state index in [1.54, 1.807) is 0 Å². The van der Waals surface area contributed by atoms with Crippen LogP contribution < -0.4 is 0 Å². The van der Waals surface area contributed by atoms with Gasteiger partial charge >= 0.3 is 0 Å². The molecule has 0 radical (unpaired) electrons. The van der Waals surface area contributed by atoms with Gasteiger partial charge in [0.1, 0.15) is 5.69 Å². The summed E-state index contributed by atoms with van der Waals surface area (Å²) in [6.07, 6.45) is 2.28. The lowest BCUT2D eigenvalue weighted by Gasteiger charge is -2.34. The zero-order valence-electron chi connectivity index (χ0n) is 14.1. The van der Waals surface area contributed by atoms with Gasteiger partial charge in [-0.15, -0.1) is 0 Å². The van der Waals surface area contributed by atoms with Crippen molar-refractivity contribution in [2.75, 3.05) is 33.7 Å². The number of carbonyl (C=O) groups is 1. The second-order valence-corrected chi connectivity index (χ2v) is 7.25. The molecule has 1 unspecified atom stereocenters. The van der Waals surface area contributed by atoms with E-state index in [2.05, 4.69) is 19.0 Å². The lowest BCUT2D eigenvalue weighted by molar-refractivity contribution is 0.0646. The summed E-state index contributed by atoms with van der Waals surface area (Å²) in [6.45, 7) is 2.73. The summed E-state index contributed by atoms with van der Waals surface area (Å²) < 4.78 is 1.98. The second-order valence-electron chi connectivity index (χ2n) is 6.81. The molecule has 1 aromatic carbocycles. The Balaban J connectivity index is 1.83. The molecule has 1 aliphatic heterocycles. The van der Waals surface area contributed by atoms with E-state index >= 15 is 0 Å². The zero-order valence-corrected chi connectivity index (χ0v) is 14.8. The summed E-state index contributed by atoms with van der Waals surface area (Å²) >= 11 is 6.07. The Hall–Kier alpha value is -1.52. The van der Waals surface area contributed by atoms with Gasteiger partial charge < -0.3 is 14.4 Å². The molecule has 1 atom stereocenters. The van der Waals surface area contributed by atoms with Crippen molar-refractivity contribution in [3.05, 3.63) is 35.0 Å². The number of halogens is 1. The standard InChI is InChI=1S/C18H24ClN3O/c1-20(2)11-13-5-4-8-22(12-13)18(23)17-10-14-9-15(19)6-7-16(14)21(17)3/h6-7,9-10,13H,4-5,8,11-12H2,1-3H3. The SMILES string of the molecule is CN(C)CC1CCCN(C(=O)c2cc3cc(Cl)ccc3n2C)C1. The molecule has 1 aromatic heterocycles. The fourth-order valence-corrected chi connectivity index (χ4v) is 3.78. The third-order valence-electron chi connectivity index (χ3n) is 4.65. The summed E-state index contributed by atoms with van der Waals surface area (Å²) in [6, 6.07) is 7.71. The summed E-state index contributed by atoms with van der Waals surface area (Å²) in [4.78, 5) is 17.2. The van der Waals surface area contributed by atoms with Crippen molar-refractivity contribution >= 4 is 28.4 Å². The molecule has 0 spiro atoms. The monoisotopic (exact) mass is 333 g/mol. The first-order valence-corrected chi connectivity index (χ1v) is 8.52. The van der Waals surface area contributed by atoms with Gasteiger partial charge in [0.2, 0.25) is 0 Å². The Morgan fingerprint density at radius 3 is 2.87 bits per heavy atom. The van der Waals surface area contributed by atoms with Crippen LogP contribution in [0.25, 0.3) is 10.9 Å². The first kappa shape index (κ1) is 16.3. The van der Waals surface area contributed by atoms with Gasteiger partial charge in [0.05, 0.1) is 0 Å². The van der Waals surface area contributed by atoms with Gasteiger partial charge in [0.25, 0.3) is 5.91 Å². The molecule has 5 heteroatoms. The van der Waals surface area contributed by atoms with Crippen molar-refractivity contribution in [3.63, 3.8) is 0 Å². The van der Waals surface area contributed by atoms with Crippen molar-refractivity contribution < 1.29 is 4.79 Å². The fraction of sp³-hybridized carbons (Fsp3) is 0.500. The number of piperidine rings is 1. The van der Waals surface area contributed by atoms with E-state index in [9.17, 15) is 4.79 Å². The van der Waals surface area contributed by atoms with Gasteiger partial charge in [-0.1, -0.05) is 11.6 Å². The number of benzene rings is 1. The van der Waals surface area contributed by atoms with Crippen LogP contribution in [0.4, 0.5) is 0 Å². The minimum Gasteiger partial charge on any atom is -0.340 e. The maximum Gasteiger partial charge on any atom is 0.270 e. The summed E-state index contributed by atoms with van der Waals surface area (Å²) in [7, 11) is 6.13. The number of aryl methyl sites for hydroxylation is 1. The summed E-state index contributed by atoms with van der Waals surface area (Å²) in [5, 5.41) is 1.72. The highest BCUT2D eigenvalue weighted by molar-refractivity contribution is 6.31. The highest BCUT2D eigenvalue weighted by atomic mass is 35.5. The third-order valence-corrected chi connectivity index (χ3v) is 4.89. The van der Waals surface area contributed by atoms with Crippen LogP contribution in [0.2, 0.25) is 5.02 Å².